The molecule has 0 heterocycles. The van der Waals surface area contributed by atoms with Gasteiger partial charge in [0.05, 0.1) is 0 Å². The van der Waals surface area contributed by atoms with E-state index < -0.39 is 0 Å². The van der Waals surface area contributed by atoms with Gasteiger partial charge in [0.2, 0.25) is 6.54 Å². The molecule has 0 unspecified atom stereocenters. The van der Waals surface area contributed by atoms with Gasteiger partial charge in [-0.3, -0.25) is 10.1 Å². The zero-order valence-corrected chi connectivity index (χ0v) is 22.1. The topological polar surface area (TPSA) is 43.1 Å². The van der Waals surface area contributed by atoms with E-state index in [9.17, 15) is 10.1 Å². The number of rotatable bonds is 28. The lowest BCUT2D eigenvalue weighted by atomic mass is 10.0. The quantitative estimate of drug-likeness (QED) is 0.0671. The van der Waals surface area contributed by atoms with Crippen LogP contribution in [0, 0.1) is 10.1 Å². The second kappa shape index (κ2) is 28.4. The van der Waals surface area contributed by atoms with Gasteiger partial charge in [0.15, 0.2) is 0 Å². The minimum atomic E-state index is -0.194. The van der Waals surface area contributed by atoms with E-state index in [1.54, 1.807) is 0 Å². The summed E-state index contributed by atoms with van der Waals surface area (Å²) in [4.78, 5) is 10.1. The third-order valence-electron chi connectivity index (χ3n) is 6.94. The van der Waals surface area contributed by atoms with Gasteiger partial charge in [0.1, 0.15) is 0 Å². The molecule has 0 aromatic carbocycles. The monoisotopic (exact) mass is 453 g/mol. The largest absolute Gasteiger partial charge is 0.265 e. The second-order valence-electron chi connectivity index (χ2n) is 10.2. The Kier molecular flexibility index (Phi) is 27.9. The van der Waals surface area contributed by atoms with Crippen LogP contribution in [0.1, 0.15) is 180 Å². The highest BCUT2D eigenvalue weighted by atomic mass is 16.6. The second-order valence-corrected chi connectivity index (χ2v) is 10.2. The van der Waals surface area contributed by atoms with Crippen LogP contribution in [0.5, 0.6) is 0 Å². The predicted molar refractivity (Wildman–Crippen MR) is 142 cm³/mol. The lowest BCUT2D eigenvalue weighted by molar-refractivity contribution is -0.480. The van der Waals surface area contributed by atoms with E-state index in [-0.39, 0.29) is 11.5 Å². The summed E-state index contributed by atoms with van der Waals surface area (Å²) in [7, 11) is 0. The lowest BCUT2D eigenvalue weighted by Crippen LogP contribution is -1.99. The molecule has 0 radical (unpaired) electrons. The van der Waals surface area contributed by atoms with E-state index in [2.05, 4.69) is 6.92 Å². The Balaban J connectivity index is 3.00. The molecule has 0 spiro atoms. The SMILES string of the molecule is CCCCCCCCCCCCCCCCCCCCCCCCCCCCC[N+](=O)[O-]. The van der Waals surface area contributed by atoms with Crippen LogP contribution in [0.4, 0.5) is 0 Å². The van der Waals surface area contributed by atoms with E-state index in [1.165, 1.54) is 161 Å². The van der Waals surface area contributed by atoms with Crippen molar-refractivity contribution in [2.45, 2.75) is 180 Å². The zero-order chi connectivity index (χ0) is 23.4. The molecule has 0 N–H and O–H groups in total. The molecule has 0 aliphatic heterocycles. The van der Waals surface area contributed by atoms with E-state index in [4.69, 9.17) is 0 Å². The fraction of sp³-hybridized carbons (Fsp3) is 1.00. The highest BCUT2D eigenvalue weighted by Crippen LogP contribution is 2.16. The first-order valence-corrected chi connectivity index (χ1v) is 14.9. The molecule has 0 aliphatic rings. The molecule has 0 bridgehead atoms. The van der Waals surface area contributed by atoms with E-state index in [1.807, 2.05) is 0 Å². The van der Waals surface area contributed by atoms with Gasteiger partial charge in [-0.05, 0) is 6.42 Å². The minimum absolute atomic E-state index is 0.152. The van der Waals surface area contributed by atoms with Crippen molar-refractivity contribution in [3.63, 3.8) is 0 Å². The van der Waals surface area contributed by atoms with Gasteiger partial charge in [-0.25, -0.2) is 0 Å². The maximum atomic E-state index is 10.2. The molecular formula is C29H59NO2. The molecule has 0 aromatic rings. The van der Waals surface area contributed by atoms with Crippen LogP contribution in [0.2, 0.25) is 0 Å². The molecule has 0 saturated heterocycles. The maximum Gasteiger partial charge on any atom is 0.203 e. The van der Waals surface area contributed by atoms with Crippen LogP contribution in [0.25, 0.3) is 0 Å². The van der Waals surface area contributed by atoms with Crippen molar-refractivity contribution in [1.29, 1.82) is 0 Å². The van der Waals surface area contributed by atoms with Crippen LogP contribution in [-0.4, -0.2) is 11.5 Å². The van der Waals surface area contributed by atoms with Gasteiger partial charge in [-0.2, -0.15) is 0 Å². The average molecular weight is 454 g/mol. The van der Waals surface area contributed by atoms with Crippen molar-refractivity contribution >= 4 is 0 Å². The first-order chi connectivity index (χ1) is 15.8. The molecule has 192 valence electrons. The van der Waals surface area contributed by atoms with Gasteiger partial charge in [-0.1, -0.05) is 167 Å². The third kappa shape index (κ3) is 29.4. The summed E-state index contributed by atoms with van der Waals surface area (Å²) >= 11 is 0. The van der Waals surface area contributed by atoms with Crippen LogP contribution < -0.4 is 0 Å². The smallest absolute Gasteiger partial charge is 0.203 e. The van der Waals surface area contributed by atoms with Gasteiger partial charge < -0.3 is 0 Å². The summed E-state index contributed by atoms with van der Waals surface area (Å²) in [6, 6.07) is 0. The Labute approximate surface area is 202 Å². The summed E-state index contributed by atoms with van der Waals surface area (Å²) in [6.07, 6.45) is 37.3. The number of hydrogen-bond donors (Lipinski definition) is 0. The van der Waals surface area contributed by atoms with E-state index in [0.29, 0.717) is 0 Å². The first-order valence-electron chi connectivity index (χ1n) is 14.9. The Morgan fingerprint density at radius 1 is 0.375 bits per heavy atom. The van der Waals surface area contributed by atoms with Gasteiger partial charge in [-0.15, -0.1) is 0 Å². The van der Waals surface area contributed by atoms with Crippen LogP contribution in [0.15, 0.2) is 0 Å². The van der Waals surface area contributed by atoms with Crippen LogP contribution in [-0.2, 0) is 0 Å². The Bertz CT molecular complexity index is 359. The fourth-order valence-corrected chi connectivity index (χ4v) is 4.73. The third-order valence-corrected chi connectivity index (χ3v) is 6.94. The molecule has 0 fully saturated rings. The Morgan fingerprint density at radius 2 is 0.562 bits per heavy atom. The molecule has 0 saturated carbocycles. The maximum absolute atomic E-state index is 10.2. The fourth-order valence-electron chi connectivity index (χ4n) is 4.73. The van der Waals surface area contributed by atoms with Crippen molar-refractivity contribution in [2.75, 3.05) is 6.54 Å². The summed E-state index contributed by atoms with van der Waals surface area (Å²) in [6.45, 7) is 2.45. The van der Waals surface area contributed by atoms with E-state index >= 15 is 0 Å². The number of unbranched alkanes of at least 4 members (excludes halogenated alkanes) is 26. The number of hydrogen-bond acceptors (Lipinski definition) is 2. The molecular weight excluding hydrogens is 394 g/mol. The normalized spacial score (nSPS) is 11.3. The zero-order valence-electron chi connectivity index (χ0n) is 22.1. The summed E-state index contributed by atoms with van der Waals surface area (Å²) in [5.74, 6) is 0. The minimum Gasteiger partial charge on any atom is -0.265 e. The van der Waals surface area contributed by atoms with Crippen molar-refractivity contribution in [2.24, 2.45) is 0 Å². The van der Waals surface area contributed by atoms with Crippen LogP contribution in [0.3, 0.4) is 0 Å². The van der Waals surface area contributed by atoms with Gasteiger partial charge >= 0.3 is 0 Å². The van der Waals surface area contributed by atoms with Crippen molar-refractivity contribution in [3.05, 3.63) is 10.1 Å². The molecule has 3 heteroatoms. The predicted octanol–water partition coefficient (Wildman–Crippen LogP) is 10.8. The van der Waals surface area contributed by atoms with Crippen LogP contribution >= 0.6 is 0 Å². The van der Waals surface area contributed by atoms with E-state index in [0.717, 1.165) is 12.8 Å². The molecule has 0 aliphatic carbocycles. The highest BCUT2D eigenvalue weighted by Gasteiger charge is 1.98. The number of nitrogens with zero attached hydrogens (tertiary/aromatic N) is 1. The summed E-state index contributed by atoms with van der Waals surface area (Å²) in [5.41, 5.74) is 0. The first kappa shape index (κ1) is 31.4. The lowest BCUT2D eigenvalue weighted by Gasteiger charge is -2.04. The molecule has 3 nitrogen and oxygen atoms in total. The average Bonchev–Trinajstić information content (AvgIpc) is 2.78. The molecule has 0 amide bonds. The molecule has 0 rings (SSSR count). The standard InChI is InChI=1S/C29H59NO2/c1-2-3-4-5-6-7-8-9-10-11-12-13-14-15-16-17-18-19-20-21-22-23-24-25-26-27-28-29-30(31)32/h2-29H2,1H3. The summed E-state index contributed by atoms with van der Waals surface area (Å²) in [5, 5.41) is 10.2. The van der Waals surface area contributed by atoms with Crippen molar-refractivity contribution in [3.8, 4) is 0 Å². The van der Waals surface area contributed by atoms with Crippen molar-refractivity contribution < 1.29 is 4.92 Å². The van der Waals surface area contributed by atoms with Gasteiger partial charge in [0, 0.05) is 11.3 Å². The Hall–Kier alpha value is -0.600. The molecule has 32 heavy (non-hydrogen) atoms. The molecule has 0 atom stereocenters. The summed E-state index contributed by atoms with van der Waals surface area (Å²) < 4.78 is 0. The highest BCUT2D eigenvalue weighted by molar-refractivity contribution is 4.52. The number of nitro groups is 1. The molecule has 0 aromatic heterocycles. The Morgan fingerprint density at radius 3 is 0.750 bits per heavy atom. The van der Waals surface area contributed by atoms with Gasteiger partial charge in [0.25, 0.3) is 0 Å². The van der Waals surface area contributed by atoms with Crippen molar-refractivity contribution in [1.82, 2.24) is 0 Å².